The lowest BCUT2D eigenvalue weighted by Crippen LogP contribution is -2.17. The van der Waals surface area contributed by atoms with Crippen LogP contribution in [0.3, 0.4) is 0 Å². The molecule has 0 aliphatic heterocycles. The zero-order valence-corrected chi connectivity index (χ0v) is 11.6. The van der Waals surface area contributed by atoms with Crippen molar-refractivity contribution in [2.75, 3.05) is 0 Å². The summed E-state index contributed by atoms with van der Waals surface area (Å²) in [6.45, 7) is 4.95. The maximum atomic E-state index is 6.32. The molecule has 3 nitrogen and oxygen atoms in total. The van der Waals surface area contributed by atoms with Gasteiger partial charge in [0.25, 0.3) is 0 Å². The fourth-order valence-electron chi connectivity index (χ4n) is 1.97. The summed E-state index contributed by atoms with van der Waals surface area (Å²) in [5.41, 5.74) is 8.53. The first-order valence-corrected chi connectivity index (χ1v) is 6.97. The first-order chi connectivity index (χ1) is 8.19. The van der Waals surface area contributed by atoms with E-state index in [-0.39, 0.29) is 6.04 Å². The molecule has 0 bridgehead atoms. The van der Waals surface area contributed by atoms with Crippen LogP contribution in [0.15, 0.2) is 17.6 Å². The lowest BCUT2D eigenvalue weighted by atomic mass is 10.1. The first-order valence-electron chi connectivity index (χ1n) is 5.72. The molecule has 2 aromatic heterocycles. The summed E-state index contributed by atoms with van der Waals surface area (Å²) in [4.78, 5) is 1.18. The smallest absolute Gasteiger partial charge is 0.0837 e. The molecule has 0 saturated carbocycles. The van der Waals surface area contributed by atoms with Gasteiger partial charge >= 0.3 is 0 Å². The predicted molar refractivity (Wildman–Crippen MR) is 72.6 cm³/mol. The zero-order valence-electron chi connectivity index (χ0n) is 9.98. The number of aryl methyl sites for hydroxylation is 2. The first kappa shape index (κ1) is 12.6. The highest BCUT2D eigenvalue weighted by Gasteiger charge is 2.20. The van der Waals surface area contributed by atoms with Crippen molar-refractivity contribution in [3.05, 3.63) is 38.8 Å². The van der Waals surface area contributed by atoms with Gasteiger partial charge in [-0.05, 0) is 30.4 Å². The molecule has 92 valence electrons. The van der Waals surface area contributed by atoms with Crippen LogP contribution >= 0.6 is 22.9 Å². The van der Waals surface area contributed by atoms with Crippen LogP contribution in [0.5, 0.6) is 0 Å². The summed E-state index contributed by atoms with van der Waals surface area (Å²) in [6, 6.07) is 1.94. The highest BCUT2D eigenvalue weighted by Crippen LogP contribution is 2.31. The van der Waals surface area contributed by atoms with Crippen LogP contribution in [-0.4, -0.2) is 9.78 Å². The van der Waals surface area contributed by atoms with Gasteiger partial charge in [0, 0.05) is 11.4 Å². The van der Waals surface area contributed by atoms with Crippen molar-refractivity contribution in [2.45, 2.75) is 32.9 Å². The molecule has 0 aliphatic rings. The third kappa shape index (κ3) is 2.25. The third-order valence-electron chi connectivity index (χ3n) is 2.87. The molecule has 1 unspecified atom stereocenters. The Kier molecular flexibility index (Phi) is 3.86. The number of nitrogens with zero attached hydrogens (tertiary/aromatic N) is 2. The Hall–Kier alpha value is -0.840. The van der Waals surface area contributed by atoms with E-state index in [1.165, 1.54) is 10.4 Å². The Balaban J connectivity index is 2.43. The highest BCUT2D eigenvalue weighted by molar-refractivity contribution is 7.10. The number of hydrogen-bond acceptors (Lipinski definition) is 3. The van der Waals surface area contributed by atoms with Crippen LogP contribution in [0.25, 0.3) is 0 Å². The summed E-state index contributed by atoms with van der Waals surface area (Å²) >= 11 is 7.86. The Bertz CT molecular complexity index is 504. The van der Waals surface area contributed by atoms with E-state index in [4.69, 9.17) is 17.3 Å². The Morgan fingerprint density at radius 2 is 2.29 bits per heavy atom. The van der Waals surface area contributed by atoms with E-state index in [0.717, 1.165) is 18.7 Å². The van der Waals surface area contributed by atoms with E-state index in [2.05, 4.69) is 23.5 Å². The molecule has 2 aromatic rings. The van der Waals surface area contributed by atoms with Crippen LogP contribution in [-0.2, 0) is 13.0 Å². The van der Waals surface area contributed by atoms with E-state index in [9.17, 15) is 0 Å². The molecule has 0 aromatic carbocycles. The average Bonchev–Trinajstić information content (AvgIpc) is 2.93. The standard InChI is InChI=1S/C12H16ClN3S/c1-3-8-5-6-17-12(8)10(14)11-9(13)7-15-16(11)4-2/h5-7,10H,3-4,14H2,1-2H3. The monoisotopic (exact) mass is 269 g/mol. The maximum Gasteiger partial charge on any atom is 0.0837 e. The van der Waals surface area contributed by atoms with Gasteiger partial charge in [0.05, 0.1) is 23.0 Å². The van der Waals surface area contributed by atoms with Gasteiger partial charge < -0.3 is 5.73 Å². The number of nitrogens with two attached hydrogens (primary N) is 1. The van der Waals surface area contributed by atoms with Gasteiger partial charge in [-0.3, -0.25) is 4.68 Å². The molecule has 0 radical (unpaired) electrons. The largest absolute Gasteiger partial charge is 0.318 e. The molecule has 0 aliphatic carbocycles. The van der Waals surface area contributed by atoms with Gasteiger partial charge in [-0.1, -0.05) is 18.5 Å². The highest BCUT2D eigenvalue weighted by atomic mass is 35.5. The second-order valence-electron chi connectivity index (χ2n) is 3.83. The van der Waals surface area contributed by atoms with Gasteiger partial charge in [-0.25, -0.2) is 0 Å². The van der Waals surface area contributed by atoms with Crippen LogP contribution in [0.2, 0.25) is 5.02 Å². The Morgan fingerprint density at radius 3 is 2.94 bits per heavy atom. The second kappa shape index (κ2) is 5.21. The average molecular weight is 270 g/mol. The number of thiophene rings is 1. The van der Waals surface area contributed by atoms with E-state index in [1.807, 2.05) is 11.6 Å². The molecule has 0 fully saturated rings. The molecular weight excluding hydrogens is 254 g/mol. The lowest BCUT2D eigenvalue weighted by molar-refractivity contribution is 0.602. The van der Waals surface area contributed by atoms with E-state index < -0.39 is 0 Å². The minimum absolute atomic E-state index is 0.181. The van der Waals surface area contributed by atoms with Gasteiger partial charge in [0.1, 0.15) is 0 Å². The Labute approximate surface area is 110 Å². The van der Waals surface area contributed by atoms with Crippen molar-refractivity contribution >= 4 is 22.9 Å². The molecule has 2 N–H and O–H groups in total. The van der Waals surface area contributed by atoms with Crippen LogP contribution in [0.1, 0.15) is 36.0 Å². The fraction of sp³-hybridized carbons (Fsp3) is 0.417. The molecule has 0 amide bonds. The molecule has 2 heterocycles. The normalized spacial score (nSPS) is 12.9. The maximum absolute atomic E-state index is 6.32. The summed E-state index contributed by atoms with van der Waals surface area (Å²) < 4.78 is 1.87. The second-order valence-corrected chi connectivity index (χ2v) is 5.19. The van der Waals surface area contributed by atoms with Crippen molar-refractivity contribution in [2.24, 2.45) is 5.73 Å². The molecule has 1 atom stereocenters. The van der Waals surface area contributed by atoms with Crippen molar-refractivity contribution in [1.82, 2.24) is 9.78 Å². The minimum Gasteiger partial charge on any atom is -0.318 e. The molecule has 5 heteroatoms. The van der Waals surface area contributed by atoms with Crippen molar-refractivity contribution < 1.29 is 0 Å². The minimum atomic E-state index is -0.181. The summed E-state index contributed by atoms with van der Waals surface area (Å²) in [5, 5.41) is 6.96. The van der Waals surface area contributed by atoms with Gasteiger partial charge in [-0.2, -0.15) is 5.10 Å². The zero-order chi connectivity index (χ0) is 12.4. The van der Waals surface area contributed by atoms with Crippen LogP contribution < -0.4 is 5.73 Å². The summed E-state index contributed by atoms with van der Waals surface area (Å²) in [6.07, 6.45) is 2.66. The van der Waals surface area contributed by atoms with Crippen LogP contribution in [0.4, 0.5) is 0 Å². The number of halogens is 1. The topological polar surface area (TPSA) is 43.8 Å². The van der Waals surface area contributed by atoms with Gasteiger partial charge in [0.15, 0.2) is 0 Å². The molecular formula is C12H16ClN3S. The van der Waals surface area contributed by atoms with Gasteiger partial charge in [-0.15, -0.1) is 11.3 Å². The third-order valence-corrected chi connectivity index (χ3v) is 4.20. The number of hydrogen-bond donors (Lipinski definition) is 1. The van der Waals surface area contributed by atoms with Crippen molar-refractivity contribution in [3.8, 4) is 0 Å². The molecule has 0 spiro atoms. The van der Waals surface area contributed by atoms with Gasteiger partial charge in [0.2, 0.25) is 0 Å². The van der Waals surface area contributed by atoms with E-state index in [1.54, 1.807) is 17.5 Å². The number of rotatable bonds is 4. The molecule has 17 heavy (non-hydrogen) atoms. The fourth-order valence-corrected chi connectivity index (χ4v) is 3.23. The number of aromatic nitrogens is 2. The van der Waals surface area contributed by atoms with Crippen molar-refractivity contribution in [3.63, 3.8) is 0 Å². The van der Waals surface area contributed by atoms with Crippen molar-refractivity contribution in [1.29, 1.82) is 0 Å². The molecule has 2 rings (SSSR count). The van der Waals surface area contributed by atoms with E-state index >= 15 is 0 Å². The van der Waals surface area contributed by atoms with Crippen LogP contribution in [0, 0.1) is 0 Å². The SMILES string of the molecule is CCc1ccsc1C(N)c1c(Cl)cnn1CC. The van der Waals surface area contributed by atoms with E-state index in [0.29, 0.717) is 5.02 Å². The summed E-state index contributed by atoms with van der Waals surface area (Å²) in [7, 11) is 0. The summed E-state index contributed by atoms with van der Waals surface area (Å²) in [5.74, 6) is 0. The molecule has 0 saturated heterocycles. The lowest BCUT2D eigenvalue weighted by Gasteiger charge is -2.14. The Morgan fingerprint density at radius 1 is 1.53 bits per heavy atom. The quantitative estimate of drug-likeness (QED) is 0.926. The predicted octanol–water partition coefficient (Wildman–Crippen LogP) is 3.23.